The first-order valence-corrected chi connectivity index (χ1v) is 13.2. The molecule has 5 aromatic rings. The Morgan fingerprint density at radius 2 is 2.05 bits per heavy atom. The van der Waals surface area contributed by atoms with E-state index < -0.39 is 0 Å². The topological polar surface area (TPSA) is 111 Å². The molecule has 1 aliphatic carbocycles. The number of ether oxygens (including phenoxy) is 1. The Morgan fingerprint density at radius 3 is 2.84 bits per heavy atom. The maximum Gasteiger partial charge on any atom is 0.253 e. The predicted molar refractivity (Wildman–Crippen MR) is 144 cm³/mol. The van der Waals surface area contributed by atoms with E-state index in [0.717, 1.165) is 21.8 Å². The highest BCUT2D eigenvalue weighted by Gasteiger charge is 2.28. The molecule has 0 unspecified atom stereocenters. The van der Waals surface area contributed by atoms with Crippen molar-refractivity contribution < 1.29 is 4.74 Å². The minimum absolute atomic E-state index is 0.192. The lowest BCUT2D eigenvalue weighted by Crippen LogP contribution is -2.19. The monoisotopic (exact) mass is 533 g/mol. The van der Waals surface area contributed by atoms with E-state index in [1.54, 1.807) is 24.5 Å². The molecule has 0 aliphatic heterocycles. The molecule has 0 bridgehead atoms. The highest BCUT2D eigenvalue weighted by Crippen LogP contribution is 2.41. The number of halogens is 1. The minimum Gasteiger partial charge on any atom is -0.483 e. The van der Waals surface area contributed by atoms with Crippen molar-refractivity contribution in [3.05, 3.63) is 87.3 Å². The third-order valence-electron chi connectivity index (χ3n) is 6.41. The van der Waals surface area contributed by atoms with Gasteiger partial charge in [0.1, 0.15) is 16.9 Å². The van der Waals surface area contributed by atoms with Gasteiger partial charge >= 0.3 is 0 Å². The Labute approximate surface area is 221 Å². The number of rotatable bonds is 8. The normalized spacial score (nSPS) is 15.0. The lowest BCUT2D eigenvalue weighted by molar-refractivity contribution is 0.222. The van der Waals surface area contributed by atoms with E-state index in [0.29, 0.717) is 32.9 Å². The summed E-state index contributed by atoms with van der Waals surface area (Å²) in [6.07, 6.45) is 7.35. The second-order valence-corrected chi connectivity index (χ2v) is 10.6. The fourth-order valence-electron chi connectivity index (χ4n) is 4.27. The largest absolute Gasteiger partial charge is 0.483 e. The van der Waals surface area contributed by atoms with E-state index >= 15 is 0 Å². The van der Waals surface area contributed by atoms with Gasteiger partial charge in [0.05, 0.1) is 40.4 Å². The summed E-state index contributed by atoms with van der Waals surface area (Å²) in [5.41, 5.74) is 2.94. The number of nitrogens with one attached hydrogen (secondary N) is 2. The number of fused-ring (bicyclic) bond motifs is 1. The SMILES string of the molecule is C[C@H](Nc1ncc(-n2nncc2C2CC2)s1)c1cc2cc(Cl)c(O[C@H](C)c3ccccn3)cc2[nH]c1=O. The average Bonchev–Trinajstić information content (AvgIpc) is 3.43. The molecular weight excluding hydrogens is 510 g/mol. The molecule has 1 fully saturated rings. The van der Waals surface area contributed by atoms with Crippen LogP contribution in [0.4, 0.5) is 5.13 Å². The number of pyridine rings is 2. The molecule has 0 amide bonds. The van der Waals surface area contributed by atoms with Crippen LogP contribution in [0.1, 0.15) is 61.7 Å². The first kappa shape index (κ1) is 23.6. The van der Waals surface area contributed by atoms with Crippen LogP contribution in [0.25, 0.3) is 15.9 Å². The molecule has 1 aliphatic rings. The van der Waals surface area contributed by atoms with Crippen LogP contribution in [0.2, 0.25) is 5.02 Å². The van der Waals surface area contributed by atoms with Gasteiger partial charge in [-0.25, -0.2) is 9.67 Å². The molecule has 6 rings (SSSR count). The third kappa shape index (κ3) is 4.82. The Morgan fingerprint density at radius 1 is 1.19 bits per heavy atom. The van der Waals surface area contributed by atoms with Crippen LogP contribution in [-0.4, -0.2) is 29.9 Å². The van der Waals surface area contributed by atoms with Gasteiger partial charge in [-0.15, -0.1) is 5.10 Å². The molecule has 9 nitrogen and oxygen atoms in total. The lowest BCUT2D eigenvalue weighted by atomic mass is 10.1. The Kier molecular flexibility index (Phi) is 6.13. The van der Waals surface area contributed by atoms with Crippen LogP contribution in [0, 0.1) is 0 Å². The summed E-state index contributed by atoms with van der Waals surface area (Å²) in [6.45, 7) is 3.83. The molecule has 4 heterocycles. The van der Waals surface area contributed by atoms with E-state index in [1.807, 2.05) is 49.0 Å². The number of anilines is 1. The zero-order chi connectivity index (χ0) is 25.5. The number of hydrogen-bond acceptors (Lipinski definition) is 8. The van der Waals surface area contributed by atoms with Gasteiger partial charge in [-0.2, -0.15) is 0 Å². The van der Waals surface area contributed by atoms with Gasteiger partial charge in [-0.1, -0.05) is 34.2 Å². The van der Waals surface area contributed by atoms with E-state index in [2.05, 4.69) is 30.6 Å². The molecule has 11 heteroatoms. The summed E-state index contributed by atoms with van der Waals surface area (Å²) in [7, 11) is 0. The number of benzene rings is 1. The second-order valence-electron chi connectivity index (χ2n) is 9.15. The molecule has 2 N–H and O–H groups in total. The van der Waals surface area contributed by atoms with Crippen molar-refractivity contribution in [3.63, 3.8) is 0 Å². The average molecular weight is 534 g/mol. The van der Waals surface area contributed by atoms with E-state index in [9.17, 15) is 4.79 Å². The molecule has 0 radical (unpaired) electrons. The number of aromatic nitrogens is 6. The van der Waals surface area contributed by atoms with Gasteiger partial charge in [-0.3, -0.25) is 9.78 Å². The number of nitrogens with zero attached hydrogens (tertiary/aromatic N) is 5. The van der Waals surface area contributed by atoms with Crippen LogP contribution in [-0.2, 0) is 0 Å². The zero-order valence-electron chi connectivity index (χ0n) is 20.2. The molecule has 0 spiro atoms. The van der Waals surface area contributed by atoms with E-state index in [1.165, 1.54) is 24.2 Å². The molecule has 37 heavy (non-hydrogen) atoms. The number of aromatic amines is 1. The van der Waals surface area contributed by atoms with Crippen LogP contribution in [0.3, 0.4) is 0 Å². The molecule has 1 aromatic carbocycles. The summed E-state index contributed by atoms with van der Waals surface area (Å²) < 4.78 is 7.90. The molecule has 1 saturated carbocycles. The fourth-order valence-corrected chi connectivity index (χ4v) is 5.36. The van der Waals surface area contributed by atoms with Crippen molar-refractivity contribution in [2.45, 2.75) is 44.8 Å². The van der Waals surface area contributed by atoms with Gasteiger partial charge in [0.15, 0.2) is 5.13 Å². The van der Waals surface area contributed by atoms with Crippen molar-refractivity contribution in [2.75, 3.05) is 5.32 Å². The Hall–Kier alpha value is -3.76. The van der Waals surface area contributed by atoms with Crippen molar-refractivity contribution in [1.82, 2.24) is 29.9 Å². The van der Waals surface area contributed by atoms with E-state index in [-0.39, 0.29) is 17.7 Å². The van der Waals surface area contributed by atoms with Gasteiger partial charge in [-0.05, 0) is 51.0 Å². The van der Waals surface area contributed by atoms with E-state index in [4.69, 9.17) is 16.3 Å². The molecular formula is C26H24ClN7O2S. The van der Waals surface area contributed by atoms with Gasteiger partial charge in [0.2, 0.25) is 0 Å². The highest BCUT2D eigenvalue weighted by molar-refractivity contribution is 7.17. The van der Waals surface area contributed by atoms with Crippen molar-refractivity contribution in [1.29, 1.82) is 0 Å². The quantitative estimate of drug-likeness (QED) is 0.259. The van der Waals surface area contributed by atoms with Crippen molar-refractivity contribution >= 4 is 39.0 Å². The maximum atomic E-state index is 13.0. The van der Waals surface area contributed by atoms with Crippen LogP contribution < -0.4 is 15.6 Å². The minimum atomic E-state index is -0.299. The first-order valence-electron chi connectivity index (χ1n) is 12.0. The molecule has 0 saturated heterocycles. The summed E-state index contributed by atoms with van der Waals surface area (Å²) in [5, 5.41) is 14.5. The standard InChI is InChI=1S/C26H24ClN7O2S/c1-14(31-26-29-13-24(37-26)34-22(12-30-33-34)16-6-7-16)18-9-17-10-19(27)23(11-21(17)32-25(18)35)36-15(2)20-5-3-4-8-28-20/h3-5,8-16H,6-7H2,1-2H3,(H,29,31)(H,32,35)/t14-,15+/m0/s1. The molecule has 2 atom stereocenters. The zero-order valence-corrected chi connectivity index (χ0v) is 21.8. The van der Waals surface area contributed by atoms with Crippen molar-refractivity contribution in [3.8, 4) is 10.8 Å². The van der Waals surface area contributed by atoms with Crippen molar-refractivity contribution in [2.24, 2.45) is 0 Å². The van der Waals surface area contributed by atoms with Gasteiger partial charge < -0.3 is 15.0 Å². The van der Waals surface area contributed by atoms with Gasteiger partial charge in [0.25, 0.3) is 5.56 Å². The molecule has 4 aromatic heterocycles. The first-order chi connectivity index (χ1) is 18.0. The number of H-pyrrole nitrogens is 1. The Balaban J connectivity index is 1.22. The van der Waals surface area contributed by atoms with Crippen LogP contribution in [0.15, 0.2) is 59.8 Å². The van der Waals surface area contributed by atoms with Crippen LogP contribution in [0.5, 0.6) is 5.75 Å². The summed E-state index contributed by atoms with van der Waals surface area (Å²) in [5.74, 6) is 1.01. The van der Waals surface area contributed by atoms with Crippen LogP contribution >= 0.6 is 22.9 Å². The maximum absolute atomic E-state index is 13.0. The smallest absolute Gasteiger partial charge is 0.253 e. The lowest BCUT2D eigenvalue weighted by Gasteiger charge is -2.17. The molecule has 188 valence electrons. The third-order valence-corrected chi connectivity index (χ3v) is 7.61. The fraction of sp³-hybridized carbons (Fsp3) is 0.269. The number of hydrogen-bond donors (Lipinski definition) is 2. The Bertz CT molecular complexity index is 1630. The van der Waals surface area contributed by atoms with Gasteiger partial charge in [0, 0.05) is 29.1 Å². The predicted octanol–water partition coefficient (Wildman–Crippen LogP) is 5.80. The summed E-state index contributed by atoms with van der Waals surface area (Å²) >= 11 is 8.03. The number of thiazole rings is 1. The summed E-state index contributed by atoms with van der Waals surface area (Å²) in [4.78, 5) is 24.8. The summed E-state index contributed by atoms with van der Waals surface area (Å²) in [6, 6.07) is 10.8. The highest BCUT2D eigenvalue weighted by atomic mass is 35.5. The second kappa shape index (κ2) is 9.60.